The molecule has 0 bridgehead atoms. The monoisotopic (exact) mass is 337 g/mol. The van der Waals surface area contributed by atoms with E-state index in [1.165, 1.54) is 12.7 Å². The van der Waals surface area contributed by atoms with E-state index in [1.54, 1.807) is 0 Å². The van der Waals surface area contributed by atoms with Gasteiger partial charge in [-0.2, -0.15) is 0 Å². The normalized spacial score (nSPS) is 18.3. The molecule has 0 amide bonds. The minimum atomic E-state index is -2.98. The van der Waals surface area contributed by atoms with Crippen LogP contribution in [0.4, 0.5) is 0 Å². The van der Waals surface area contributed by atoms with Gasteiger partial charge in [0.1, 0.15) is 0 Å². The summed E-state index contributed by atoms with van der Waals surface area (Å²) in [7, 11) is -1.17. The van der Waals surface area contributed by atoms with E-state index in [0.717, 1.165) is 30.2 Å². The van der Waals surface area contributed by atoms with Crippen molar-refractivity contribution in [3.63, 3.8) is 0 Å². The van der Waals surface area contributed by atoms with E-state index in [2.05, 4.69) is 29.1 Å². The lowest BCUT2D eigenvalue weighted by Gasteiger charge is -2.23. The Morgan fingerprint density at radius 1 is 1.26 bits per heavy atom. The van der Waals surface area contributed by atoms with Crippen LogP contribution in [0.25, 0.3) is 0 Å². The molecule has 0 unspecified atom stereocenters. The molecule has 2 rings (SSSR count). The first-order valence-corrected chi connectivity index (χ1v) is 9.96. The van der Waals surface area contributed by atoms with Crippen molar-refractivity contribution in [1.29, 1.82) is 0 Å². The molecule has 1 saturated heterocycles. The summed E-state index contributed by atoms with van der Waals surface area (Å²) in [5.74, 6) is 1.02. The number of hydrogen-bond donors (Lipinski definition) is 1. The van der Waals surface area contributed by atoms with Crippen LogP contribution in [0.2, 0.25) is 0 Å². The maximum Gasteiger partial charge on any atom is 0.193 e. The van der Waals surface area contributed by atoms with Gasteiger partial charge in [-0.25, -0.2) is 8.42 Å². The lowest BCUT2D eigenvalue weighted by atomic mass is 9.93. The molecular weight excluding hydrogens is 310 g/mol. The Balaban J connectivity index is 1.92. The van der Waals surface area contributed by atoms with Crippen molar-refractivity contribution in [2.45, 2.75) is 32.6 Å². The van der Waals surface area contributed by atoms with Gasteiger partial charge in [0.25, 0.3) is 0 Å². The number of sulfone groups is 1. The third-order valence-corrected chi connectivity index (χ3v) is 4.95. The zero-order chi connectivity index (χ0) is 17.1. The molecule has 1 aliphatic heterocycles. The Kier molecular flexibility index (Phi) is 5.34. The molecule has 0 radical (unpaired) electrons. The van der Waals surface area contributed by atoms with Crippen molar-refractivity contribution in [3.8, 4) is 0 Å². The van der Waals surface area contributed by atoms with Crippen molar-refractivity contribution in [2.24, 2.45) is 10.4 Å². The fourth-order valence-electron chi connectivity index (χ4n) is 2.86. The molecule has 0 saturated carbocycles. The number of likely N-dealkylation sites (tertiary alicyclic amines) is 1. The number of nitrogens with zero attached hydrogens (tertiary/aromatic N) is 2. The van der Waals surface area contributed by atoms with Crippen molar-refractivity contribution in [2.75, 3.05) is 26.4 Å². The average Bonchev–Trinajstić information content (AvgIpc) is 2.80. The summed E-state index contributed by atoms with van der Waals surface area (Å²) >= 11 is 0. The van der Waals surface area contributed by atoms with Gasteiger partial charge in [0.15, 0.2) is 15.8 Å². The molecule has 1 aliphatic rings. The minimum Gasteiger partial charge on any atom is -0.352 e. The fraction of sp³-hybridized carbons (Fsp3) is 0.588. The van der Waals surface area contributed by atoms with Crippen LogP contribution >= 0.6 is 0 Å². The van der Waals surface area contributed by atoms with E-state index < -0.39 is 9.84 Å². The maximum absolute atomic E-state index is 11.3. The molecule has 1 aromatic rings. The first-order chi connectivity index (χ1) is 10.7. The van der Waals surface area contributed by atoms with E-state index in [1.807, 2.05) is 31.3 Å². The van der Waals surface area contributed by atoms with Crippen LogP contribution in [-0.4, -0.2) is 45.7 Å². The molecule has 0 spiro atoms. The summed E-state index contributed by atoms with van der Waals surface area (Å²) < 4.78 is 22.6. The Hall–Kier alpha value is -1.56. The summed E-state index contributed by atoms with van der Waals surface area (Å²) in [6.45, 7) is 7.28. The third-order valence-electron chi connectivity index (χ3n) is 4.09. The molecule has 1 N–H and O–H groups in total. The highest BCUT2D eigenvalue weighted by Gasteiger charge is 2.30. The van der Waals surface area contributed by atoms with Crippen LogP contribution in [0.1, 0.15) is 31.4 Å². The van der Waals surface area contributed by atoms with Gasteiger partial charge in [-0.15, -0.1) is 0 Å². The highest BCUT2D eigenvalue weighted by atomic mass is 32.2. The van der Waals surface area contributed by atoms with Crippen LogP contribution < -0.4 is 5.32 Å². The number of guanidine groups is 1. The molecule has 1 aromatic carbocycles. The smallest absolute Gasteiger partial charge is 0.193 e. The lowest BCUT2D eigenvalue weighted by Crippen LogP contribution is -2.40. The number of benzene rings is 1. The van der Waals surface area contributed by atoms with E-state index in [9.17, 15) is 8.42 Å². The summed E-state index contributed by atoms with van der Waals surface area (Å²) in [5.41, 5.74) is 2.27. The summed E-state index contributed by atoms with van der Waals surface area (Å²) in [5, 5.41) is 3.39. The first kappa shape index (κ1) is 17.8. The molecule has 1 heterocycles. The van der Waals surface area contributed by atoms with Crippen LogP contribution in [-0.2, 0) is 22.1 Å². The van der Waals surface area contributed by atoms with Crippen LogP contribution in [0.3, 0.4) is 0 Å². The molecular formula is C17H27N3O2S. The van der Waals surface area contributed by atoms with E-state index in [4.69, 9.17) is 0 Å². The molecule has 0 aromatic heterocycles. The second kappa shape index (κ2) is 6.91. The Morgan fingerprint density at radius 3 is 2.35 bits per heavy atom. The molecule has 128 valence electrons. The van der Waals surface area contributed by atoms with Crippen LogP contribution in [0.5, 0.6) is 0 Å². The van der Waals surface area contributed by atoms with Gasteiger partial charge in [-0.05, 0) is 23.0 Å². The molecule has 23 heavy (non-hydrogen) atoms. The molecule has 6 heteroatoms. The van der Waals surface area contributed by atoms with Gasteiger partial charge >= 0.3 is 0 Å². The summed E-state index contributed by atoms with van der Waals surface area (Å²) in [4.78, 5) is 6.66. The second-order valence-electron chi connectivity index (χ2n) is 7.12. The van der Waals surface area contributed by atoms with E-state index >= 15 is 0 Å². The number of aliphatic imine (C=N–C) groups is 1. The van der Waals surface area contributed by atoms with Gasteiger partial charge < -0.3 is 10.2 Å². The maximum atomic E-state index is 11.3. The Morgan fingerprint density at radius 2 is 1.87 bits per heavy atom. The van der Waals surface area contributed by atoms with Crippen molar-refractivity contribution in [1.82, 2.24) is 10.2 Å². The van der Waals surface area contributed by atoms with E-state index in [0.29, 0.717) is 12.0 Å². The number of nitrogens with one attached hydrogen (secondary N) is 1. The summed E-state index contributed by atoms with van der Waals surface area (Å²) in [6.07, 6.45) is 2.43. The lowest BCUT2D eigenvalue weighted by molar-refractivity contribution is 0.370. The summed E-state index contributed by atoms with van der Waals surface area (Å²) in [6, 6.07) is 7.68. The topological polar surface area (TPSA) is 61.8 Å². The standard InChI is InChI=1S/C17H27N3O2S/c1-17(2)9-10-20(13-17)16(18-3)19-11-14-5-7-15(8-6-14)12-23(4,21)22/h5-8H,9-13H2,1-4H3,(H,18,19). The predicted molar refractivity (Wildman–Crippen MR) is 95.2 cm³/mol. The minimum absolute atomic E-state index is 0.0885. The zero-order valence-electron chi connectivity index (χ0n) is 14.5. The predicted octanol–water partition coefficient (Wildman–Crippen LogP) is 2.04. The van der Waals surface area contributed by atoms with Crippen LogP contribution in [0.15, 0.2) is 29.3 Å². The SMILES string of the molecule is CN=C(NCc1ccc(CS(C)(=O)=O)cc1)N1CCC(C)(C)C1. The highest BCUT2D eigenvalue weighted by molar-refractivity contribution is 7.89. The van der Waals surface area contributed by atoms with Gasteiger partial charge in [-0.3, -0.25) is 4.99 Å². The Bertz CT molecular complexity index is 664. The Labute approximate surface area is 139 Å². The molecule has 1 fully saturated rings. The van der Waals surface area contributed by atoms with E-state index in [-0.39, 0.29) is 5.75 Å². The average molecular weight is 337 g/mol. The van der Waals surface area contributed by atoms with Crippen molar-refractivity contribution < 1.29 is 8.42 Å². The van der Waals surface area contributed by atoms with Crippen molar-refractivity contribution >= 4 is 15.8 Å². The second-order valence-corrected chi connectivity index (χ2v) is 9.26. The fourth-order valence-corrected chi connectivity index (χ4v) is 3.66. The van der Waals surface area contributed by atoms with Crippen LogP contribution in [0, 0.1) is 5.41 Å². The van der Waals surface area contributed by atoms with Gasteiger partial charge in [0.05, 0.1) is 5.75 Å². The van der Waals surface area contributed by atoms with Crippen molar-refractivity contribution in [3.05, 3.63) is 35.4 Å². The van der Waals surface area contributed by atoms with Gasteiger partial charge in [-0.1, -0.05) is 38.1 Å². The van der Waals surface area contributed by atoms with Gasteiger partial charge in [0.2, 0.25) is 0 Å². The third kappa shape index (κ3) is 5.53. The number of hydrogen-bond acceptors (Lipinski definition) is 3. The zero-order valence-corrected chi connectivity index (χ0v) is 15.3. The highest BCUT2D eigenvalue weighted by Crippen LogP contribution is 2.28. The molecule has 5 nitrogen and oxygen atoms in total. The first-order valence-electron chi connectivity index (χ1n) is 7.90. The number of rotatable bonds is 4. The quantitative estimate of drug-likeness (QED) is 0.675. The molecule has 0 atom stereocenters. The van der Waals surface area contributed by atoms with Gasteiger partial charge in [0, 0.05) is 32.9 Å². The largest absolute Gasteiger partial charge is 0.352 e. The molecule has 0 aliphatic carbocycles.